The maximum atomic E-state index is 4.30. The molecule has 2 atom stereocenters. The van der Waals surface area contributed by atoms with Crippen LogP contribution in [0.1, 0.15) is 49.1 Å². The molecule has 0 aliphatic carbocycles. The summed E-state index contributed by atoms with van der Waals surface area (Å²) in [7, 11) is 0. The highest BCUT2D eigenvalue weighted by molar-refractivity contribution is 5.23. The third-order valence-corrected chi connectivity index (χ3v) is 4.47. The van der Waals surface area contributed by atoms with Gasteiger partial charge in [-0.1, -0.05) is 6.42 Å². The van der Waals surface area contributed by atoms with E-state index in [-0.39, 0.29) is 0 Å². The second-order valence-corrected chi connectivity index (χ2v) is 5.40. The molecule has 0 radical (unpaired) electrons. The molecule has 3 rings (SSSR count). The zero-order valence-corrected chi connectivity index (χ0v) is 10.3. The van der Waals surface area contributed by atoms with Crippen LogP contribution in [0.3, 0.4) is 0 Å². The summed E-state index contributed by atoms with van der Waals surface area (Å²) in [6.07, 6.45) is 7.09. The van der Waals surface area contributed by atoms with Crippen molar-refractivity contribution in [2.24, 2.45) is 0 Å². The van der Waals surface area contributed by atoms with Gasteiger partial charge in [-0.05, 0) is 39.5 Å². The van der Waals surface area contributed by atoms with Crippen LogP contribution in [0, 0.1) is 13.8 Å². The van der Waals surface area contributed by atoms with E-state index in [1.807, 2.05) is 0 Å². The lowest BCUT2D eigenvalue weighted by molar-refractivity contribution is 0.131. The predicted octanol–water partition coefficient (Wildman–Crippen LogP) is 2.54. The van der Waals surface area contributed by atoms with Crippen molar-refractivity contribution in [3.05, 3.63) is 17.0 Å². The first-order valence-corrected chi connectivity index (χ1v) is 6.52. The predicted molar refractivity (Wildman–Crippen MR) is 64.3 cm³/mol. The van der Waals surface area contributed by atoms with E-state index >= 15 is 0 Å². The number of H-pyrrole nitrogens is 1. The minimum absolute atomic E-state index is 0.854. The number of aryl methyl sites for hydroxylation is 2. The molecule has 2 saturated heterocycles. The molecule has 3 heterocycles. The first-order chi connectivity index (χ1) is 7.75. The maximum absolute atomic E-state index is 4.30. The molecular weight excluding hydrogens is 198 g/mol. The lowest BCUT2D eigenvalue weighted by atomic mass is 10.0. The molecule has 0 saturated carbocycles. The average Bonchev–Trinajstić information content (AvgIpc) is 2.70. The van der Waals surface area contributed by atoms with Crippen molar-refractivity contribution in [3.8, 4) is 0 Å². The van der Waals surface area contributed by atoms with E-state index in [9.17, 15) is 0 Å². The van der Waals surface area contributed by atoms with Gasteiger partial charge in [0.25, 0.3) is 0 Å². The van der Waals surface area contributed by atoms with E-state index in [4.69, 9.17) is 0 Å². The summed E-state index contributed by atoms with van der Waals surface area (Å²) in [6.45, 7) is 5.37. The van der Waals surface area contributed by atoms with Gasteiger partial charge < -0.3 is 0 Å². The Balaban J connectivity index is 1.80. The quantitative estimate of drug-likeness (QED) is 0.829. The minimum atomic E-state index is 0.854. The fourth-order valence-electron chi connectivity index (χ4n) is 3.47. The standard InChI is InChI=1S/C13H21N3/c1-9-13(10(2)15-14-9)8-16-11-4-3-5-12(16)7-6-11/h11-12H,3-8H2,1-2H3,(H,14,15). The lowest BCUT2D eigenvalue weighted by Crippen LogP contribution is -2.39. The van der Waals surface area contributed by atoms with Crippen LogP contribution >= 0.6 is 0 Å². The number of hydrogen-bond acceptors (Lipinski definition) is 2. The fourth-order valence-corrected chi connectivity index (χ4v) is 3.47. The second kappa shape index (κ2) is 3.88. The summed E-state index contributed by atoms with van der Waals surface area (Å²) in [5, 5.41) is 7.40. The Morgan fingerprint density at radius 2 is 1.88 bits per heavy atom. The fraction of sp³-hybridized carbons (Fsp3) is 0.769. The Hall–Kier alpha value is -0.830. The molecule has 16 heavy (non-hydrogen) atoms. The number of rotatable bonds is 2. The molecule has 88 valence electrons. The van der Waals surface area contributed by atoms with Gasteiger partial charge in [0.05, 0.1) is 5.69 Å². The maximum Gasteiger partial charge on any atom is 0.0639 e. The van der Waals surface area contributed by atoms with E-state index in [2.05, 4.69) is 28.9 Å². The molecule has 1 aromatic rings. The van der Waals surface area contributed by atoms with Crippen LogP contribution in [0.25, 0.3) is 0 Å². The smallest absolute Gasteiger partial charge is 0.0639 e. The van der Waals surface area contributed by atoms with Gasteiger partial charge in [0, 0.05) is 29.9 Å². The Kier molecular flexibility index (Phi) is 2.51. The normalized spacial score (nSPS) is 29.9. The van der Waals surface area contributed by atoms with E-state index in [0.717, 1.165) is 18.6 Å². The van der Waals surface area contributed by atoms with Crippen molar-refractivity contribution in [2.45, 2.75) is 64.6 Å². The summed E-state index contributed by atoms with van der Waals surface area (Å²) in [5.41, 5.74) is 3.86. The Labute approximate surface area is 97.2 Å². The van der Waals surface area contributed by atoms with Crippen LogP contribution in [-0.2, 0) is 6.54 Å². The van der Waals surface area contributed by atoms with Crippen molar-refractivity contribution < 1.29 is 0 Å². The molecule has 1 N–H and O–H groups in total. The molecule has 3 nitrogen and oxygen atoms in total. The highest BCUT2D eigenvalue weighted by atomic mass is 15.2. The highest BCUT2D eigenvalue weighted by Crippen LogP contribution is 2.36. The SMILES string of the molecule is Cc1n[nH]c(C)c1CN1C2CCCC1CC2. The topological polar surface area (TPSA) is 31.9 Å². The molecule has 0 spiro atoms. The van der Waals surface area contributed by atoms with E-state index < -0.39 is 0 Å². The summed E-state index contributed by atoms with van der Waals surface area (Å²) in [6, 6.07) is 1.71. The number of aromatic amines is 1. The van der Waals surface area contributed by atoms with Gasteiger partial charge in [0.2, 0.25) is 0 Å². The number of piperidine rings is 1. The minimum Gasteiger partial charge on any atom is -0.293 e. The summed E-state index contributed by atoms with van der Waals surface area (Å²) in [4.78, 5) is 2.73. The number of nitrogens with zero attached hydrogens (tertiary/aromatic N) is 2. The van der Waals surface area contributed by atoms with Crippen molar-refractivity contribution >= 4 is 0 Å². The molecule has 2 aliphatic rings. The Bertz CT molecular complexity index is 347. The lowest BCUT2D eigenvalue weighted by Gasteiger charge is -2.34. The third kappa shape index (κ3) is 1.58. The van der Waals surface area contributed by atoms with Gasteiger partial charge >= 0.3 is 0 Å². The summed E-state index contributed by atoms with van der Waals surface area (Å²) in [5.74, 6) is 0. The van der Waals surface area contributed by atoms with Crippen molar-refractivity contribution in [1.82, 2.24) is 15.1 Å². The van der Waals surface area contributed by atoms with Gasteiger partial charge in [0.1, 0.15) is 0 Å². The van der Waals surface area contributed by atoms with Crippen LogP contribution in [0.4, 0.5) is 0 Å². The monoisotopic (exact) mass is 219 g/mol. The van der Waals surface area contributed by atoms with Gasteiger partial charge in [-0.25, -0.2) is 0 Å². The number of nitrogens with one attached hydrogen (secondary N) is 1. The number of aromatic nitrogens is 2. The largest absolute Gasteiger partial charge is 0.293 e. The summed E-state index contributed by atoms with van der Waals surface area (Å²) < 4.78 is 0. The molecule has 2 unspecified atom stereocenters. The third-order valence-electron chi connectivity index (χ3n) is 4.47. The molecule has 3 heteroatoms. The van der Waals surface area contributed by atoms with Gasteiger partial charge in [-0.3, -0.25) is 10.00 Å². The molecule has 2 fully saturated rings. The second-order valence-electron chi connectivity index (χ2n) is 5.40. The van der Waals surface area contributed by atoms with Crippen LogP contribution in [0.5, 0.6) is 0 Å². The summed E-state index contributed by atoms with van der Waals surface area (Å²) >= 11 is 0. The molecule has 2 aliphatic heterocycles. The Morgan fingerprint density at radius 3 is 2.44 bits per heavy atom. The first kappa shape index (κ1) is 10.3. The van der Waals surface area contributed by atoms with Crippen LogP contribution in [-0.4, -0.2) is 27.2 Å². The van der Waals surface area contributed by atoms with E-state index in [0.29, 0.717) is 0 Å². The molecule has 2 bridgehead atoms. The molecule has 1 aromatic heterocycles. The zero-order valence-electron chi connectivity index (χ0n) is 10.3. The van der Waals surface area contributed by atoms with Crippen molar-refractivity contribution in [3.63, 3.8) is 0 Å². The number of fused-ring (bicyclic) bond motifs is 2. The van der Waals surface area contributed by atoms with Gasteiger partial charge in [-0.15, -0.1) is 0 Å². The molecule has 0 amide bonds. The zero-order chi connectivity index (χ0) is 11.1. The van der Waals surface area contributed by atoms with Gasteiger partial charge in [0.15, 0.2) is 0 Å². The van der Waals surface area contributed by atoms with Gasteiger partial charge in [-0.2, -0.15) is 5.10 Å². The van der Waals surface area contributed by atoms with Crippen LogP contribution in [0.2, 0.25) is 0 Å². The Morgan fingerprint density at radius 1 is 1.19 bits per heavy atom. The number of hydrogen-bond donors (Lipinski definition) is 1. The van der Waals surface area contributed by atoms with Crippen molar-refractivity contribution in [2.75, 3.05) is 0 Å². The molecular formula is C13H21N3. The molecule has 0 aromatic carbocycles. The highest BCUT2D eigenvalue weighted by Gasteiger charge is 2.36. The van der Waals surface area contributed by atoms with Crippen LogP contribution in [0.15, 0.2) is 0 Å². The van der Waals surface area contributed by atoms with Crippen molar-refractivity contribution in [1.29, 1.82) is 0 Å². The average molecular weight is 219 g/mol. The van der Waals surface area contributed by atoms with E-state index in [1.165, 1.54) is 49.1 Å². The van der Waals surface area contributed by atoms with E-state index in [1.54, 1.807) is 0 Å². The first-order valence-electron chi connectivity index (χ1n) is 6.52. The van der Waals surface area contributed by atoms with Crippen LogP contribution < -0.4 is 0 Å².